The summed E-state index contributed by atoms with van der Waals surface area (Å²) in [6.07, 6.45) is 0.446. The molecule has 0 spiro atoms. The van der Waals surface area contributed by atoms with Gasteiger partial charge < -0.3 is 0 Å². The number of benzene rings is 3. The fourth-order valence-corrected chi connectivity index (χ4v) is 5.89. The van der Waals surface area contributed by atoms with Gasteiger partial charge in [-0.25, -0.2) is 21.6 Å². The van der Waals surface area contributed by atoms with Crippen LogP contribution in [0.25, 0.3) is 0 Å². The minimum atomic E-state index is -3.91. The molecule has 0 amide bonds. The van der Waals surface area contributed by atoms with E-state index in [1.165, 1.54) is 42.5 Å². The molecule has 0 bridgehead atoms. The van der Waals surface area contributed by atoms with Crippen molar-refractivity contribution in [2.45, 2.75) is 28.0 Å². The summed E-state index contributed by atoms with van der Waals surface area (Å²) in [6.45, 7) is 1.76. The number of nitrogens with one attached hydrogen (secondary N) is 1. The number of halogens is 2. The third-order valence-corrected chi connectivity index (χ3v) is 8.34. The molecule has 0 aliphatic heterocycles. The Hall–Kier alpha value is -1.90. The van der Waals surface area contributed by atoms with Gasteiger partial charge in [-0.1, -0.05) is 41.4 Å². The topological polar surface area (TPSA) is 80.3 Å². The lowest BCUT2D eigenvalue weighted by Crippen LogP contribution is -2.27. The van der Waals surface area contributed by atoms with Gasteiger partial charge in [-0.15, -0.1) is 0 Å². The predicted molar refractivity (Wildman–Crippen MR) is 118 cm³/mol. The van der Waals surface area contributed by atoms with E-state index in [4.69, 9.17) is 23.2 Å². The van der Waals surface area contributed by atoms with Crippen LogP contribution in [0.4, 0.5) is 0 Å². The Balaban J connectivity index is 1.85. The monoisotopic (exact) mass is 483 g/mol. The molecule has 0 radical (unpaired) electrons. The van der Waals surface area contributed by atoms with Crippen molar-refractivity contribution in [3.8, 4) is 0 Å². The van der Waals surface area contributed by atoms with Crippen LogP contribution in [0.2, 0.25) is 10.0 Å². The smallest absolute Gasteiger partial charge is 0.219 e. The maximum atomic E-state index is 12.9. The zero-order chi connectivity index (χ0) is 21.9. The highest BCUT2D eigenvalue weighted by Gasteiger charge is 2.23. The van der Waals surface area contributed by atoms with E-state index in [0.29, 0.717) is 22.0 Å². The van der Waals surface area contributed by atoms with Gasteiger partial charge in [0.15, 0.2) is 0 Å². The molecule has 0 saturated heterocycles. The molecule has 0 fully saturated rings. The highest BCUT2D eigenvalue weighted by atomic mass is 35.5. The zero-order valence-corrected chi connectivity index (χ0v) is 19.1. The van der Waals surface area contributed by atoms with Crippen LogP contribution in [0.15, 0.2) is 81.4 Å². The quantitative estimate of drug-likeness (QED) is 0.529. The van der Waals surface area contributed by atoms with Crippen LogP contribution in [0, 0.1) is 6.92 Å². The highest BCUT2D eigenvalue weighted by Crippen LogP contribution is 2.26. The molecule has 30 heavy (non-hydrogen) atoms. The molecule has 5 nitrogen and oxygen atoms in total. The summed E-state index contributed by atoms with van der Waals surface area (Å²) in [5, 5.41) is 0.983. The second kappa shape index (κ2) is 9.08. The number of aryl methyl sites for hydroxylation is 1. The van der Waals surface area contributed by atoms with Crippen LogP contribution in [0.5, 0.6) is 0 Å². The van der Waals surface area contributed by atoms with E-state index < -0.39 is 19.9 Å². The van der Waals surface area contributed by atoms with Gasteiger partial charge in [0.05, 0.1) is 14.7 Å². The summed E-state index contributed by atoms with van der Waals surface area (Å²) in [5.41, 5.74) is 1.33. The summed E-state index contributed by atoms with van der Waals surface area (Å²) in [7, 11) is -7.80. The summed E-state index contributed by atoms with van der Waals surface area (Å²) in [4.78, 5) is -0.151. The molecular weight excluding hydrogens is 465 g/mol. The largest absolute Gasteiger partial charge is 0.240 e. The van der Waals surface area contributed by atoms with Crippen LogP contribution in [-0.2, 0) is 26.3 Å². The SMILES string of the molecule is Cc1ccc(S(=O)(=O)c2ccc(Cl)cc2)cc1S(=O)(=O)NCCc1cccc(Cl)c1. The first-order valence-electron chi connectivity index (χ1n) is 8.95. The first kappa shape index (κ1) is 22.8. The number of hydrogen-bond donors (Lipinski definition) is 1. The Labute approximate surface area is 186 Å². The van der Waals surface area contributed by atoms with Crippen molar-refractivity contribution in [1.82, 2.24) is 4.72 Å². The number of rotatable bonds is 7. The minimum Gasteiger partial charge on any atom is -0.219 e. The fourth-order valence-electron chi connectivity index (χ4n) is 2.89. The summed E-state index contributed by atoms with van der Waals surface area (Å²) in [6, 6.07) is 16.9. The molecule has 9 heteroatoms. The van der Waals surface area contributed by atoms with Crippen molar-refractivity contribution in [3.63, 3.8) is 0 Å². The van der Waals surface area contributed by atoms with E-state index in [1.54, 1.807) is 25.1 Å². The van der Waals surface area contributed by atoms with E-state index in [0.717, 1.165) is 5.56 Å². The third kappa shape index (κ3) is 5.22. The Kier molecular flexibility index (Phi) is 6.89. The molecule has 0 saturated carbocycles. The first-order chi connectivity index (χ1) is 14.1. The van der Waals surface area contributed by atoms with Crippen LogP contribution in [0.1, 0.15) is 11.1 Å². The lowest BCUT2D eigenvalue weighted by atomic mass is 10.2. The molecular formula is C21H19Cl2NO4S2. The van der Waals surface area contributed by atoms with Gasteiger partial charge in [0.2, 0.25) is 19.9 Å². The molecule has 3 aromatic carbocycles. The molecule has 0 atom stereocenters. The Bertz CT molecular complexity index is 1270. The van der Waals surface area contributed by atoms with Crippen molar-refractivity contribution in [2.24, 2.45) is 0 Å². The first-order valence-corrected chi connectivity index (χ1v) is 12.7. The normalized spacial score (nSPS) is 12.1. The predicted octanol–water partition coefficient (Wildman–Crippen LogP) is 4.66. The van der Waals surface area contributed by atoms with Crippen LogP contribution in [0.3, 0.4) is 0 Å². The molecule has 0 aliphatic rings. The molecule has 0 aliphatic carbocycles. The number of hydrogen-bond acceptors (Lipinski definition) is 4. The van der Waals surface area contributed by atoms with E-state index in [9.17, 15) is 16.8 Å². The van der Waals surface area contributed by atoms with Gasteiger partial charge >= 0.3 is 0 Å². The van der Waals surface area contributed by atoms with Gasteiger partial charge in [0.1, 0.15) is 0 Å². The lowest BCUT2D eigenvalue weighted by molar-refractivity contribution is 0.580. The van der Waals surface area contributed by atoms with Crippen molar-refractivity contribution >= 4 is 43.1 Å². The van der Waals surface area contributed by atoms with E-state index in [1.807, 2.05) is 6.07 Å². The molecule has 0 heterocycles. The number of sulfonamides is 1. The van der Waals surface area contributed by atoms with E-state index in [2.05, 4.69) is 4.72 Å². The summed E-state index contributed by atoms with van der Waals surface area (Å²) in [5.74, 6) is 0. The van der Waals surface area contributed by atoms with Gasteiger partial charge in [-0.3, -0.25) is 0 Å². The maximum Gasteiger partial charge on any atom is 0.240 e. The van der Waals surface area contributed by atoms with Crippen molar-refractivity contribution < 1.29 is 16.8 Å². The van der Waals surface area contributed by atoms with Gasteiger partial charge in [-0.2, -0.15) is 0 Å². The fraction of sp³-hybridized carbons (Fsp3) is 0.143. The Morgan fingerprint density at radius 1 is 0.800 bits per heavy atom. The van der Waals surface area contributed by atoms with E-state index >= 15 is 0 Å². The van der Waals surface area contributed by atoms with Gasteiger partial charge in [0.25, 0.3) is 0 Å². The van der Waals surface area contributed by atoms with Crippen LogP contribution in [-0.4, -0.2) is 23.4 Å². The standard InChI is InChI=1S/C21H19Cl2NO4S2/c1-15-5-8-20(29(25,26)19-9-6-17(22)7-10-19)14-21(15)30(27,28)24-12-11-16-3-2-4-18(23)13-16/h2-10,13-14,24H,11-12H2,1H3. The molecule has 158 valence electrons. The molecule has 3 aromatic rings. The van der Waals surface area contributed by atoms with Crippen molar-refractivity contribution in [1.29, 1.82) is 0 Å². The molecule has 0 unspecified atom stereocenters. The second-order valence-electron chi connectivity index (χ2n) is 6.66. The van der Waals surface area contributed by atoms with E-state index in [-0.39, 0.29) is 21.2 Å². The molecule has 3 rings (SSSR count). The number of sulfone groups is 1. The average molecular weight is 484 g/mol. The summed E-state index contributed by atoms with van der Waals surface area (Å²) < 4.78 is 54.0. The van der Waals surface area contributed by atoms with Gasteiger partial charge in [0, 0.05) is 16.6 Å². The third-order valence-electron chi connectivity index (χ3n) is 4.48. The van der Waals surface area contributed by atoms with Crippen molar-refractivity contribution in [3.05, 3.63) is 87.9 Å². The molecule has 0 aromatic heterocycles. The summed E-state index contributed by atoms with van der Waals surface area (Å²) >= 11 is 11.8. The Morgan fingerprint density at radius 3 is 2.13 bits per heavy atom. The molecule has 1 N–H and O–H groups in total. The Morgan fingerprint density at radius 2 is 1.47 bits per heavy atom. The maximum absolute atomic E-state index is 12.9. The average Bonchev–Trinajstić information content (AvgIpc) is 2.68. The minimum absolute atomic E-state index is 0.0352. The van der Waals surface area contributed by atoms with Crippen LogP contribution < -0.4 is 4.72 Å². The second-order valence-corrected chi connectivity index (χ2v) is 11.2. The van der Waals surface area contributed by atoms with Crippen LogP contribution >= 0.6 is 23.2 Å². The zero-order valence-electron chi connectivity index (χ0n) is 16.0. The van der Waals surface area contributed by atoms with Gasteiger partial charge in [-0.05, 0) is 73.0 Å². The lowest BCUT2D eigenvalue weighted by Gasteiger charge is -2.12. The van der Waals surface area contributed by atoms with Crippen molar-refractivity contribution in [2.75, 3.05) is 6.54 Å². The highest BCUT2D eigenvalue weighted by molar-refractivity contribution is 7.91.